The zero-order chi connectivity index (χ0) is 29.5. The molecule has 40 heavy (non-hydrogen) atoms. The number of ether oxygens (including phenoxy) is 2. The molecule has 10 nitrogen and oxygen atoms in total. The zero-order valence-electron chi connectivity index (χ0n) is 25.0. The average molecular weight is 561 g/mol. The van der Waals surface area contributed by atoms with Gasteiger partial charge in [0.2, 0.25) is 5.91 Å². The summed E-state index contributed by atoms with van der Waals surface area (Å²) < 4.78 is 10.3. The molecule has 0 saturated carbocycles. The van der Waals surface area contributed by atoms with Gasteiger partial charge in [-0.25, -0.2) is 9.59 Å². The highest BCUT2D eigenvalue weighted by Crippen LogP contribution is 2.33. The van der Waals surface area contributed by atoms with Crippen LogP contribution in [0.15, 0.2) is 24.3 Å². The number of methoxy groups -OCH3 is 1. The van der Waals surface area contributed by atoms with Gasteiger partial charge in [-0.15, -0.1) is 0 Å². The molecule has 3 atom stereocenters. The SMILES string of the molecule is COC(=O)NC1Cc2ccccc2N(C(=O)CC(C)(C)C[C@H](NC(=O)OC(C)(C)C)[C@@H](O)CN2CCCCC2)C1. The third-order valence-corrected chi connectivity index (χ3v) is 7.42. The lowest BCUT2D eigenvalue weighted by molar-refractivity contribution is -0.121. The summed E-state index contributed by atoms with van der Waals surface area (Å²) in [6.07, 6.45) is 2.63. The quantitative estimate of drug-likeness (QED) is 0.420. The van der Waals surface area contributed by atoms with E-state index >= 15 is 0 Å². The Hall–Kier alpha value is -2.85. The molecule has 10 heteroatoms. The number of alkyl carbamates (subject to hydrolysis) is 2. The van der Waals surface area contributed by atoms with Gasteiger partial charge in [0.1, 0.15) is 5.60 Å². The lowest BCUT2D eigenvalue weighted by atomic mass is 9.80. The van der Waals surface area contributed by atoms with Crippen LogP contribution in [0, 0.1) is 5.41 Å². The molecule has 0 aliphatic carbocycles. The van der Waals surface area contributed by atoms with Crippen molar-refractivity contribution >= 4 is 23.8 Å². The van der Waals surface area contributed by atoms with E-state index in [2.05, 4.69) is 15.5 Å². The van der Waals surface area contributed by atoms with Crippen molar-refractivity contribution in [2.75, 3.05) is 38.2 Å². The van der Waals surface area contributed by atoms with Crippen LogP contribution < -0.4 is 15.5 Å². The number of carbonyl (C=O) groups is 3. The van der Waals surface area contributed by atoms with Gasteiger partial charge in [0.05, 0.1) is 25.3 Å². The van der Waals surface area contributed by atoms with E-state index in [1.807, 2.05) is 38.1 Å². The van der Waals surface area contributed by atoms with Crippen LogP contribution in [0.3, 0.4) is 0 Å². The average Bonchev–Trinajstić information content (AvgIpc) is 2.86. The molecule has 0 aromatic heterocycles. The normalized spacial score (nSPS) is 19.7. The molecule has 0 spiro atoms. The van der Waals surface area contributed by atoms with E-state index in [-0.39, 0.29) is 18.4 Å². The number of aliphatic hydroxyl groups is 1. The van der Waals surface area contributed by atoms with Crippen molar-refractivity contribution < 1.29 is 29.0 Å². The number of anilines is 1. The van der Waals surface area contributed by atoms with E-state index in [1.54, 1.807) is 25.7 Å². The molecular weight excluding hydrogens is 512 g/mol. The Labute approximate surface area is 238 Å². The second kappa shape index (κ2) is 13.7. The molecule has 1 aromatic rings. The molecule has 3 rings (SSSR count). The highest BCUT2D eigenvalue weighted by atomic mass is 16.6. The summed E-state index contributed by atoms with van der Waals surface area (Å²) in [6, 6.07) is 6.83. The number of aliphatic hydroxyl groups excluding tert-OH is 1. The highest BCUT2D eigenvalue weighted by molar-refractivity contribution is 5.95. The Balaban J connectivity index is 1.74. The first-order valence-electron chi connectivity index (χ1n) is 14.4. The maximum Gasteiger partial charge on any atom is 0.407 e. The van der Waals surface area contributed by atoms with Crippen LogP contribution in [-0.4, -0.2) is 85.2 Å². The first kappa shape index (κ1) is 31.7. The maximum atomic E-state index is 13.8. The van der Waals surface area contributed by atoms with Crippen molar-refractivity contribution in [2.45, 2.75) is 96.9 Å². The number of β-amino-alcohol motifs (C(OH)–C–C–N with tert-alkyl or cyclic N) is 1. The number of rotatable bonds is 9. The molecule has 1 fully saturated rings. The second-order valence-corrected chi connectivity index (χ2v) is 12.9. The Morgan fingerprint density at radius 1 is 1.05 bits per heavy atom. The summed E-state index contributed by atoms with van der Waals surface area (Å²) in [7, 11) is 1.32. The Morgan fingerprint density at radius 2 is 1.73 bits per heavy atom. The van der Waals surface area contributed by atoms with E-state index in [0.29, 0.717) is 25.9 Å². The van der Waals surface area contributed by atoms with Gasteiger partial charge >= 0.3 is 12.2 Å². The maximum absolute atomic E-state index is 13.8. The molecule has 2 aliphatic rings. The number of likely N-dealkylation sites (tertiary alicyclic amines) is 1. The van der Waals surface area contributed by atoms with Gasteiger partial charge < -0.3 is 35.0 Å². The Morgan fingerprint density at radius 3 is 2.38 bits per heavy atom. The number of amides is 3. The Bertz CT molecular complexity index is 1020. The monoisotopic (exact) mass is 560 g/mol. The molecule has 0 bridgehead atoms. The molecule has 1 aromatic carbocycles. The van der Waals surface area contributed by atoms with Gasteiger partial charge in [-0.3, -0.25) is 4.79 Å². The number of piperidine rings is 1. The van der Waals surface area contributed by atoms with Crippen LogP contribution in [0.2, 0.25) is 0 Å². The van der Waals surface area contributed by atoms with Gasteiger partial charge in [-0.05, 0) is 76.6 Å². The summed E-state index contributed by atoms with van der Waals surface area (Å²) in [5.41, 5.74) is 0.577. The van der Waals surface area contributed by atoms with Crippen molar-refractivity contribution in [3.05, 3.63) is 29.8 Å². The summed E-state index contributed by atoms with van der Waals surface area (Å²) in [5.74, 6) is -0.0876. The molecule has 3 amide bonds. The number of hydrogen-bond donors (Lipinski definition) is 3. The van der Waals surface area contributed by atoms with Crippen LogP contribution in [0.5, 0.6) is 0 Å². The van der Waals surface area contributed by atoms with Gasteiger partial charge in [0, 0.05) is 25.2 Å². The van der Waals surface area contributed by atoms with Crippen molar-refractivity contribution in [1.82, 2.24) is 15.5 Å². The van der Waals surface area contributed by atoms with E-state index in [9.17, 15) is 19.5 Å². The topological polar surface area (TPSA) is 120 Å². The lowest BCUT2D eigenvalue weighted by Gasteiger charge is -2.38. The predicted octanol–water partition coefficient (Wildman–Crippen LogP) is 3.85. The fourth-order valence-corrected chi connectivity index (χ4v) is 5.60. The van der Waals surface area contributed by atoms with E-state index in [4.69, 9.17) is 9.47 Å². The van der Waals surface area contributed by atoms with E-state index in [0.717, 1.165) is 37.2 Å². The first-order valence-corrected chi connectivity index (χ1v) is 14.4. The van der Waals surface area contributed by atoms with Crippen LogP contribution >= 0.6 is 0 Å². The molecular formula is C30H48N4O6. The fourth-order valence-electron chi connectivity index (χ4n) is 5.60. The van der Waals surface area contributed by atoms with E-state index < -0.39 is 35.3 Å². The highest BCUT2D eigenvalue weighted by Gasteiger charge is 2.36. The largest absolute Gasteiger partial charge is 0.453 e. The van der Waals surface area contributed by atoms with Gasteiger partial charge in [0.25, 0.3) is 0 Å². The third-order valence-electron chi connectivity index (χ3n) is 7.42. The summed E-state index contributed by atoms with van der Waals surface area (Å²) in [6.45, 7) is 12.0. The molecule has 2 heterocycles. The molecule has 1 saturated heterocycles. The molecule has 0 radical (unpaired) electrons. The number of fused-ring (bicyclic) bond motifs is 1. The second-order valence-electron chi connectivity index (χ2n) is 12.9. The molecule has 2 aliphatic heterocycles. The number of nitrogens with zero attached hydrogens (tertiary/aromatic N) is 2. The molecule has 1 unspecified atom stereocenters. The minimum atomic E-state index is -0.815. The summed E-state index contributed by atoms with van der Waals surface area (Å²) >= 11 is 0. The van der Waals surface area contributed by atoms with Gasteiger partial charge in [-0.2, -0.15) is 0 Å². The number of nitrogens with one attached hydrogen (secondary N) is 2. The summed E-state index contributed by atoms with van der Waals surface area (Å²) in [4.78, 5) is 42.3. The number of benzene rings is 1. The van der Waals surface area contributed by atoms with Gasteiger partial charge in [-0.1, -0.05) is 38.5 Å². The minimum Gasteiger partial charge on any atom is -0.453 e. The van der Waals surface area contributed by atoms with Crippen LogP contribution in [-0.2, 0) is 20.7 Å². The predicted molar refractivity (Wildman–Crippen MR) is 154 cm³/mol. The smallest absolute Gasteiger partial charge is 0.407 e. The van der Waals surface area contributed by atoms with Crippen molar-refractivity contribution in [1.29, 1.82) is 0 Å². The van der Waals surface area contributed by atoms with Crippen LogP contribution in [0.1, 0.15) is 72.3 Å². The van der Waals surface area contributed by atoms with Crippen molar-refractivity contribution in [3.8, 4) is 0 Å². The number of para-hydroxylation sites is 1. The van der Waals surface area contributed by atoms with Crippen molar-refractivity contribution in [3.63, 3.8) is 0 Å². The van der Waals surface area contributed by atoms with Crippen LogP contribution in [0.4, 0.5) is 15.3 Å². The summed E-state index contributed by atoms with van der Waals surface area (Å²) in [5, 5.41) is 17.0. The number of carbonyl (C=O) groups excluding carboxylic acids is 3. The Kier molecular flexibility index (Phi) is 10.8. The van der Waals surface area contributed by atoms with Crippen molar-refractivity contribution in [2.24, 2.45) is 5.41 Å². The third kappa shape index (κ3) is 9.66. The fraction of sp³-hybridized carbons (Fsp3) is 0.700. The van der Waals surface area contributed by atoms with Gasteiger partial charge in [0.15, 0.2) is 0 Å². The minimum absolute atomic E-state index is 0.0876. The molecule has 3 N–H and O–H groups in total. The van der Waals surface area contributed by atoms with E-state index in [1.165, 1.54) is 13.5 Å². The lowest BCUT2D eigenvalue weighted by Crippen LogP contribution is -2.53. The molecule has 224 valence electrons. The number of hydrogen-bond acceptors (Lipinski definition) is 7. The zero-order valence-corrected chi connectivity index (χ0v) is 25.0. The first-order chi connectivity index (χ1) is 18.8. The standard InChI is InChI=1S/C30H48N4O6/c1-29(2,3)40-28(38)32-23(25(35)20-33-14-10-7-11-15-33)17-30(4,5)18-26(36)34-19-22(31-27(37)39-6)16-21-12-8-9-13-24(21)34/h8-9,12-13,22-23,25,35H,7,10-11,14-20H2,1-6H3,(H,31,37)(H,32,38)/t22?,23-,25-/m0/s1. The van der Waals surface area contributed by atoms with Crippen LogP contribution in [0.25, 0.3) is 0 Å².